The summed E-state index contributed by atoms with van der Waals surface area (Å²) in [6.07, 6.45) is 1.44. The first-order valence-electron chi connectivity index (χ1n) is 5.11. The second-order valence-electron chi connectivity index (χ2n) is 3.80. The van der Waals surface area contributed by atoms with E-state index < -0.39 is 7.12 Å². The molecule has 7 heteroatoms. The van der Waals surface area contributed by atoms with Crippen LogP contribution in [0.5, 0.6) is 0 Å². The highest BCUT2D eigenvalue weighted by molar-refractivity contribution is 6.58. The summed E-state index contributed by atoms with van der Waals surface area (Å²) in [5.74, 6) is 0. The first-order chi connectivity index (χ1) is 8.08. The first-order valence-corrected chi connectivity index (χ1v) is 5.11. The summed E-state index contributed by atoms with van der Waals surface area (Å²) in [5.41, 5.74) is 0.975. The molecule has 0 bridgehead atoms. The summed E-state index contributed by atoms with van der Waals surface area (Å²) < 4.78 is 2.69. The Balaban J connectivity index is 2.27. The second kappa shape index (κ2) is 4.56. The zero-order valence-electron chi connectivity index (χ0n) is 9.32. The smallest absolute Gasteiger partial charge is 0.423 e. The van der Waals surface area contributed by atoms with Crippen LogP contribution in [-0.4, -0.2) is 31.5 Å². The third-order valence-corrected chi connectivity index (χ3v) is 2.47. The largest absolute Gasteiger partial charge is 0.488 e. The Labute approximate surface area is 97.9 Å². The average molecular weight is 233 g/mol. The fraction of sp³-hybridized carbons (Fsp3) is 0.200. The molecule has 0 spiro atoms. The molecule has 0 aliphatic heterocycles. The van der Waals surface area contributed by atoms with Crippen molar-refractivity contribution in [3.05, 3.63) is 46.6 Å². The minimum atomic E-state index is -1.50. The van der Waals surface area contributed by atoms with E-state index in [-0.39, 0.29) is 5.69 Å². The maximum absolute atomic E-state index is 11.6. The zero-order valence-corrected chi connectivity index (χ0v) is 9.32. The molecule has 0 aliphatic carbocycles. The first kappa shape index (κ1) is 11.6. The molecule has 1 heterocycles. The average Bonchev–Trinajstić information content (AvgIpc) is 2.61. The molecule has 1 aromatic carbocycles. The Bertz CT molecular complexity index is 576. The van der Waals surface area contributed by atoms with E-state index in [0.717, 1.165) is 5.56 Å². The summed E-state index contributed by atoms with van der Waals surface area (Å²) >= 11 is 0. The maximum Gasteiger partial charge on any atom is 0.488 e. The molecule has 2 aromatic rings. The minimum Gasteiger partial charge on any atom is -0.423 e. The number of aryl methyl sites for hydroxylation is 1. The van der Waals surface area contributed by atoms with Gasteiger partial charge in [-0.15, -0.1) is 0 Å². The van der Waals surface area contributed by atoms with Crippen molar-refractivity contribution >= 4 is 12.6 Å². The highest BCUT2D eigenvalue weighted by Gasteiger charge is 2.11. The van der Waals surface area contributed by atoms with Gasteiger partial charge >= 0.3 is 12.8 Å². The molecule has 0 saturated carbocycles. The molecule has 0 aliphatic rings. The van der Waals surface area contributed by atoms with Gasteiger partial charge in [0.1, 0.15) is 6.33 Å². The number of rotatable bonds is 3. The summed E-state index contributed by atoms with van der Waals surface area (Å²) in [4.78, 5) is 11.6. The maximum atomic E-state index is 11.6. The lowest BCUT2D eigenvalue weighted by atomic mass is 9.80. The molecule has 0 atom stereocenters. The summed E-state index contributed by atoms with van der Waals surface area (Å²) in [6, 6.07) is 6.74. The van der Waals surface area contributed by atoms with E-state index >= 15 is 0 Å². The highest BCUT2D eigenvalue weighted by atomic mass is 16.4. The van der Waals surface area contributed by atoms with Crippen molar-refractivity contribution in [2.75, 3.05) is 0 Å². The molecule has 0 amide bonds. The fourth-order valence-electron chi connectivity index (χ4n) is 1.55. The van der Waals surface area contributed by atoms with Crippen LogP contribution in [0.15, 0.2) is 35.4 Å². The van der Waals surface area contributed by atoms with Gasteiger partial charge in [-0.05, 0) is 11.0 Å². The van der Waals surface area contributed by atoms with Crippen LogP contribution < -0.4 is 11.2 Å². The van der Waals surface area contributed by atoms with Gasteiger partial charge in [0.2, 0.25) is 0 Å². The van der Waals surface area contributed by atoms with Gasteiger partial charge in [-0.3, -0.25) is 4.57 Å². The van der Waals surface area contributed by atoms with Gasteiger partial charge in [-0.1, -0.05) is 24.3 Å². The topological polar surface area (TPSA) is 80.3 Å². The molecular formula is C10H12BN3O3. The normalized spacial score (nSPS) is 10.5. The van der Waals surface area contributed by atoms with E-state index in [1.165, 1.54) is 15.6 Å². The number of nitrogens with zero attached hydrogens (tertiary/aromatic N) is 3. The standard InChI is InChI=1S/C10H12BN3O3/c1-13-7-12-14(10(13)15)6-8-3-2-4-9(5-8)11(16)17/h2-5,7,16-17H,6H2,1H3. The van der Waals surface area contributed by atoms with Gasteiger partial charge < -0.3 is 10.0 Å². The van der Waals surface area contributed by atoms with Crippen LogP contribution in [0.2, 0.25) is 0 Å². The van der Waals surface area contributed by atoms with E-state index in [0.29, 0.717) is 12.0 Å². The van der Waals surface area contributed by atoms with Crippen molar-refractivity contribution in [3.63, 3.8) is 0 Å². The van der Waals surface area contributed by atoms with Crippen LogP contribution in [0, 0.1) is 0 Å². The monoisotopic (exact) mass is 233 g/mol. The Morgan fingerprint density at radius 2 is 2.18 bits per heavy atom. The molecule has 0 saturated heterocycles. The van der Waals surface area contributed by atoms with E-state index in [4.69, 9.17) is 10.0 Å². The fourth-order valence-corrected chi connectivity index (χ4v) is 1.55. The lowest BCUT2D eigenvalue weighted by molar-refractivity contribution is 0.425. The predicted molar refractivity (Wildman–Crippen MR) is 62.8 cm³/mol. The van der Waals surface area contributed by atoms with Crippen LogP contribution in [0.3, 0.4) is 0 Å². The van der Waals surface area contributed by atoms with Crippen molar-refractivity contribution in [2.24, 2.45) is 7.05 Å². The Morgan fingerprint density at radius 3 is 2.76 bits per heavy atom. The van der Waals surface area contributed by atoms with Crippen LogP contribution in [-0.2, 0) is 13.6 Å². The van der Waals surface area contributed by atoms with Gasteiger partial charge in [-0.25, -0.2) is 9.48 Å². The molecule has 0 radical (unpaired) electrons. The van der Waals surface area contributed by atoms with Crippen LogP contribution in [0.1, 0.15) is 5.56 Å². The summed E-state index contributed by atoms with van der Waals surface area (Å²) in [7, 11) is 0.120. The quantitative estimate of drug-likeness (QED) is 0.620. The number of aromatic nitrogens is 3. The summed E-state index contributed by atoms with van der Waals surface area (Å²) in [6.45, 7) is 0.306. The van der Waals surface area contributed by atoms with Crippen LogP contribution in [0.25, 0.3) is 0 Å². The third kappa shape index (κ3) is 2.46. The number of hydrogen-bond donors (Lipinski definition) is 2. The van der Waals surface area contributed by atoms with Gasteiger partial charge in [0.15, 0.2) is 0 Å². The molecule has 0 unspecified atom stereocenters. The number of benzene rings is 1. The molecule has 2 rings (SSSR count). The molecule has 6 nitrogen and oxygen atoms in total. The van der Waals surface area contributed by atoms with Crippen molar-refractivity contribution < 1.29 is 10.0 Å². The van der Waals surface area contributed by atoms with Gasteiger partial charge in [0.25, 0.3) is 0 Å². The molecule has 2 N–H and O–H groups in total. The summed E-state index contributed by atoms with van der Waals surface area (Å²) in [5, 5.41) is 22.0. The van der Waals surface area contributed by atoms with Crippen molar-refractivity contribution in [1.82, 2.24) is 14.3 Å². The van der Waals surface area contributed by atoms with E-state index in [1.807, 2.05) is 0 Å². The van der Waals surface area contributed by atoms with Crippen molar-refractivity contribution in [3.8, 4) is 0 Å². The number of hydrogen-bond acceptors (Lipinski definition) is 4. The third-order valence-electron chi connectivity index (χ3n) is 2.47. The molecule has 17 heavy (non-hydrogen) atoms. The SMILES string of the molecule is Cn1cnn(Cc2cccc(B(O)O)c2)c1=O. The molecule has 0 fully saturated rings. The van der Waals surface area contributed by atoms with Crippen molar-refractivity contribution in [2.45, 2.75) is 6.54 Å². The van der Waals surface area contributed by atoms with Gasteiger partial charge in [-0.2, -0.15) is 5.10 Å². The lowest BCUT2D eigenvalue weighted by Crippen LogP contribution is -2.30. The molecular weight excluding hydrogens is 221 g/mol. The van der Waals surface area contributed by atoms with Gasteiger partial charge in [0, 0.05) is 7.05 Å². The van der Waals surface area contributed by atoms with Crippen molar-refractivity contribution in [1.29, 1.82) is 0 Å². The van der Waals surface area contributed by atoms with E-state index in [9.17, 15) is 4.79 Å². The highest BCUT2D eigenvalue weighted by Crippen LogP contribution is 1.98. The Kier molecular flexibility index (Phi) is 3.12. The van der Waals surface area contributed by atoms with Gasteiger partial charge in [0.05, 0.1) is 6.54 Å². The second-order valence-corrected chi connectivity index (χ2v) is 3.80. The Hall–Kier alpha value is -1.86. The minimum absolute atomic E-state index is 0.208. The van der Waals surface area contributed by atoms with Crippen LogP contribution >= 0.6 is 0 Å². The van der Waals surface area contributed by atoms with E-state index in [2.05, 4.69) is 5.10 Å². The lowest BCUT2D eigenvalue weighted by Gasteiger charge is -2.03. The zero-order chi connectivity index (χ0) is 12.4. The van der Waals surface area contributed by atoms with E-state index in [1.54, 1.807) is 31.3 Å². The molecule has 88 valence electrons. The predicted octanol–water partition coefficient (Wildman–Crippen LogP) is -1.69. The molecule has 1 aromatic heterocycles. The Morgan fingerprint density at radius 1 is 1.41 bits per heavy atom. The van der Waals surface area contributed by atoms with Crippen LogP contribution in [0.4, 0.5) is 0 Å².